The summed E-state index contributed by atoms with van der Waals surface area (Å²) < 4.78 is 0. The zero-order valence-electron chi connectivity index (χ0n) is 7.67. The molecule has 0 saturated heterocycles. The predicted octanol–water partition coefficient (Wildman–Crippen LogP) is 1.54. The van der Waals surface area contributed by atoms with Crippen LogP contribution in [0.1, 0.15) is 24.3 Å². The summed E-state index contributed by atoms with van der Waals surface area (Å²) in [4.78, 5) is 1.59. The summed E-state index contributed by atoms with van der Waals surface area (Å²) in [6.07, 6.45) is 4.03. The number of hydrogen-bond acceptors (Lipinski definition) is 3. The molecular formula is C10H10N4. The first kappa shape index (κ1) is 7.67. The van der Waals surface area contributed by atoms with Crippen molar-refractivity contribution in [1.82, 2.24) is 20.2 Å². The molecule has 0 atom stereocenters. The normalized spacial score (nSPS) is 15.7. The highest BCUT2D eigenvalue weighted by Crippen LogP contribution is 2.42. The number of hydrogen-bond donors (Lipinski definition) is 0. The van der Waals surface area contributed by atoms with Crippen LogP contribution >= 0.6 is 0 Å². The smallest absolute Gasteiger partial charge is 0.135 e. The lowest BCUT2D eigenvalue weighted by Crippen LogP contribution is -2.02. The predicted molar refractivity (Wildman–Crippen MR) is 51.1 cm³/mol. The minimum absolute atomic E-state index is 0.706. The summed E-state index contributed by atoms with van der Waals surface area (Å²) in [6.45, 7) is 0. The van der Waals surface area contributed by atoms with Crippen LogP contribution in [0, 0.1) is 0 Å². The highest BCUT2D eigenvalue weighted by Gasteiger charge is 2.26. The number of nitrogens with zero attached hydrogens (tertiary/aromatic N) is 4. The Morgan fingerprint density at radius 3 is 2.79 bits per heavy atom. The average molecular weight is 186 g/mol. The van der Waals surface area contributed by atoms with Gasteiger partial charge in [0.1, 0.15) is 0 Å². The Labute approximate surface area is 81.6 Å². The maximum atomic E-state index is 4.05. The third-order valence-corrected chi connectivity index (χ3v) is 2.52. The van der Waals surface area contributed by atoms with Gasteiger partial charge in [0.15, 0.2) is 6.33 Å². The molecule has 1 aliphatic rings. The minimum Gasteiger partial charge on any atom is -0.135 e. The third-order valence-electron chi connectivity index (χ3n) is 2.52. The Balaban J connectivity index is 2.12. The lowest BCUT2D eigenvalue weighted by atomic mass is 10.1. The van der Waals surface area contributed by atoms with Gasteiger partial charge in [-0.15, -0.1) is 15.0 Å². The number of aromatic nitrogens is 4. The van der Waals surface area contributed by atoms with Crippen molar-refractivity contribution in [3.63, 3.8) is 0 Å². The lowest BCUT2D eigenvalue weighted by molar-refractivity contribution is 0.711. The molecule has 1 saturated carbocycles. The van der Waals surface area contributed by atoms with Gasteiger partial charge in [-0.2, -0.15) is 0 Å². The second-order valence-electron chi connectivity index (χ2n) is 3.56. The van der Waals surface area contributed by atoms with Crippen molar-refractivity contribution in [2.24, 2.45) is 0 Å². The fourth-order valence-corrected chi connectivity index (χ4v) is 1.69. The van der Waals surface area contributed by atoms with Gasteiger partial charge in [0.05, 0.1) is 5.69 Å². The highest BCUT2D eigenvalue weighted by molar-refractivity contribution is 5.43. The molecule has 4 nitrogen and oxygen atoms in total. The Morgan fingerprint density at radius 2 is 2.07 bits per heavy atom. The summed E-state index contributed by atoms with van der Waals surface area (Å²) in [6, 6.07) is 8.25. The molecule has 0 aliphatic heterocycles. The molecule has 3 rings (SSSR count). The standard InChI is InChI=1S/C10H10N4/c1-2-4-10(14-12-7-11-13-14)9(3-1)8-5-6-8/h1-4,7-8H,5-6H2. The summed E-state index contributed by atoms with van der Waals surface area (Å²) in [7, 11) is 0. The molecular weight excluding hydrogens is 176 g/mol. The van der Waals surface area contributed by atoms with Crippen LogP contribution in [0.5, 0.6) is 0 Å². The van der Waals surface area contributed by atoms with Gasteiger partial charge >= 0.3 is 0 Å². The van der Waals surface area contributed by atoms with Crippen LogP contribution in [-0.2, 0) is 0 Å². The second-order valence-corrected chi connectivity index (χ2v) is 3.56. The maximum absolute atomic E-state index is 4.05. The molecule has 70 valence electrons. The molecule has 4 heteroatoms. The molecule has 1 fully saturated rings. The van der Waals surface area contributed by atoms with E-state index in [9.17, 15) is 0 Å². The first-order chi connectivity index (χ1) is 6.95. The fourth-order valence-electron chi connectivity index (χ4n) is 1.69. The van der Waals surface area contributed by atoms with Crippen LogP contribution in [0.15, 0.2) is 30.6 Å². The van der Waals surface area contributed by atoms with Crippen molar-refractivity contribution in [2.45, 2.75) is 18.8 Å². The number of tetrazole rings is 1. The van der Waals surface area contributed by atoms with E-state index in [-0.39, 0.29) is 0 Å². The molecule has 0 unspecified atom stereocenters. The van der Waals surface area contributed by atoms with Crippen LogP contribution in [0.4, 0.5) is 0 Å². The maximum Gasteiger partial charge on any atom is 0.162 e. The topological polar surface area (TPSA) is 43.6 Å². The van der Waals surface area contributed by atoms with E-state index in [2.05, 4.69) is 27.5 Å². The van der Waals surface area contributed by atoms with E-state index < -0.39 is 0 Å². The monoisotopic (exact) mass is 186 g/mol. The lowest BCUT2D eigenvalue weighted by Gasteiger charge is -2.05. The number of benzene rings is 1. The molecule has 1 aliphatic carbocycles. The van der Waals surface area contributed by atoms with Gasteiger partial charge < -0.3 is 0 Å². The Hall–Kier alpha value is -1.71. The summed E-state index contributed by atoms with van der Waals surface area (Å²) in [5.41, 5.74) is 2.40. The van der Waals surface area contributed by atoms with Crippen molar-refractivity contribution in [1.29, 1.82) is 0 Å². The molecule has 1 aromatic carbocycles. The largest absolute Gasteiger partial charge is 0.162 e. The Bertz CT molecular complexity index is 431. The van der Waals surface area contributed by atoms with Gasteiger partial charge in [0.2, 0.25) is 0 Å². The summed E-state index contributed by atoms with van der Waals surface area (Å²) in [5, 5.41) is 11.7. The van der Waals surface area contributed by atoms with Crippen molar-refractivity contribution in [2.75, 3.05) is 0 Å². The number of para-hydroxylation sites is 1. The molecule has 0 bridgehead atoms. The summed E-state index contributed by atoms with van der Waals surface area (Å²) >= 11 is 0. The van der Waals surface area contributed by atoms with Gasteiger partial charge in [0.25, 0.3) is 0 Å². The van der Waals surface area contributed by atoms with Crippen LogP contribution in [0.2, 0.25) is 0 Å². The van der Waals surface area contributed by atoms with Crippen molar-refractivity contribution >= 4 is 0 Å². The molecule has 0 amide bonds. The molecule has 1 heterocycles. The molecule has 0 N–H and O–H groups in total. The zero-order valence-corrected chi connectivity index (χ0v) is 7.67. The number of rotatable bonds is 2. The average Bonchev–Trinajstić information content (AvgIpc) is 2.94. The van der Waals surface area contributed by atoms with Crippen molar-refractivity contribution in [3.8, 4) is 5.69 Å². The van der Waals surface area contributed by atoms with Gasteiger partial charge in [-0.25, -0.2) is 0 Å². The van der Waals surface area contributed by atoms with Crippen LogP contribution < -0.4 is 0 Å². The molecule has 2 aromatic rings. The van der Waals surface area contributed by atoms with E-state index in [0.717, 1.165) is 5.69 Å². The van der Waals surface area contributed by atoms with Crippen LogP contribution in [-0.4, -0.2) is 20.2 Å². The van der Waals surface area contributed by atoms with E-state index in [1.54, 1.807) is 4.80 Å². The van der Waals surface area contributed by atoms with Gasteiger partial charge in [-0.05, 0) is 35.6 Å². The van der Waals surface area contributed by atoms with E-state index >= 15 is 0 Å². The van der Waals surface area contributed by atoms with E-state index in [4.69, 9.17) is 0 Å². The Kier molecular flexibility index (Phi) is 1.59. The molecule has 0 radical (unpaired) electrons. The fraction of sp³-hybridized carbons (Fsp3) is 0.300. The van der Waals surface area contributed by atoms with Crippen molar-refractivity contribution < 1.29 is 0 Å². The molecule has 1 aromatic heterocycles. The summed E-state index contributed by atoms with van der Waals surface area (Å²) in [5.74, 6) is 0.706. The SMILES string of the molecule is c1ccc(-n2ncnn2)c(C2CC2)c1. The minimum atomic E-state index is 0.706. The second kappa shape index (κ2) is 2.90. The quantitative estimate of drug-likeness (QED) is 0.714. The van der Waals surface area contributed by atoms with Gasteiger partial charge in [-0.1, -0.05) is 18.2 Å². The zero-order chi connectivity index (χ0) is 9.38. The van der Waals surface area contributed by atoms with Crippen molar-refractivity contribution in [3.05, 3.63) is 36.2 Å². The van der Waals surface area contributed by atoms with Gasteiger partial charge in [-0.3, -0.25) is 0 Å². The van der Waals surface area contributed by atoms with E-state index in [1.165, 1.54) is 24.7 Å². The van der Waals surface area contributed by atoms with E-state index in [1.807, 2.05) is 12.1 Å². The first-order valence-electron chi connectivity index (χ1n) is 4.77. The third kappa shape index (κ3) is 1.19. The molecule has 14 heavy (non-hydrogen) atoms. The molecule has 0 spiro atoms. The van der Waals surface area contributed by atoms with Crippen LogP contribution in [0.3, 0.4) is 0 Å². The van der Waals surface area contributed by atoms with E-state index in [0.29, 0.717) is 5.92 Å². The van der Waals surface area contributed by atoms with Crippen LogP contribution in [0.25, 0.3) is 5.69 Å². The highest BCUT2D eigenvalue weighted by atomic mass is 15.6. The Morgan fingerprint density at radius 1 is 1.21 bits per heavy atom. The van der Waals surface area contributed by atoms with Gasteiger partial charge in [0, 0.05) is 0 Å². The first-order valence-corrected chi connectivity index (χ1v) is 4.77.